The SMILES string of the molecule is CC(C)CCCC(C)NC(=O)C1CCN(C2=NS(=O)(=O)c3ccccc32)CC1. The minimum Gasteiger partial charge on any atom is -0.355 e. The van der Waals surface area contributed by atoms with Crippen LogP contribution in [-0.2, 0) is 14.8 Å². The number of sulfonamides is 1. The summed E-state index contributed by atoms with van der Waals surface area (Å²) in [5.74, 6) is 1.33. The maximum absolute atomic E-state index is 12.6. The van der Waals surface area contributed by atoms with E-state index in [1.165, 1.54) is 6.42 Å². The molecule has 0 spiro atoms. The van der Waals surface area contributed by atoms with Gasteiger partial charge in [-0.05, 0) is 44.2 Å². The molecule has 0 radical (unpaired) electrons. The molecule has 2 aliphatic rings. The fourth-order valence-electron chi connectivity index (χ4n) is 3.94. The van der Waals surface area contributed by atoms with E-state index in [9.17, 15) is 13.2 Å². The molecule has 7 heteroatoms. The Morgan fingerprint density at radius 1 is 1.18 bits per heavy atom. The summed E-state index contributed by atoms with van der Waals surface area (Å²) in [5, 5.41) is 3.15. The van der Waals surface area contributed by atoms with Crippen molar-refractivity contribution in [3.05, 3.63) is 29.8 Å². The molecule has 3 rings (SSSR count). The summed E-state index contributed by atoms with van der Waals surface area (Å²) < 4.78 is 28.5. The molecule has 1 amide bonds. The minimum atomic E-state index is -3.60. The smallest absolute Gasteiger partial charge is 0.285 e. The zero-order valence-electron chi connectivity index (χ0n) is 17.0. The topological polar surface area (TPSA) is 78.8 Å². The lowest BCUT2D eigenvalue weighted by Gasteiger charge is -2.33. The number of benzene rings is 1. The second-order valence-electron chi connectivity index (χ2n) is 8.38. The van der Waals surface area contributed by atoms with Gasteiger partial charge in [0.15, 0.2) is 5.84 Å². The Labute approximate surface area is 168 Å². The fraction of sp³-hybridized carbons (Fsp3) is 0.619. The normalized spacial score (nSPS) is 20.0. The van der Waals surface area contributed by atoms with Crippen LogP contribution >= 0.6 is 0 Å². The Bertz CT molecular complexity index is 840. The predicted octanol–water partition coefficient (Wildman–Crippen LogP) is 3.18. The summed E-state index contributed by atoms with van der Waals surface area (Å²) >= 11 is 0. The highest BCUT2D eigenvalue weighted by Crippen LogP contribution is 2.29. The van der Waals surface area contributed by atoms with Crippen molar-refractivity contribution in [1.82, 2.24) is 10.2 Å². The van der Waals surface area contributed by atoms with Gasteiger partial charge in [-0.3, -0.25) is 4.79 Å². The average Bonchev–Trinajstić information content (AvgIpc) is 2.93. The number of piperidine rings is 1. The summed E-state index contributed by atoms with van der Waals surface area (Å²) in [7, 11) is -3.60. The predicted molar refractivity (Wildman–Crippen MR) is 111 cm³/mol. The van der Waals surface area contributed by atoms with Crippen molar-refractivity contribution in [2.45, 2.75) is 63.8 Å². The molecule has 28 heavy (non-hydrogen) atoms. The first-order chi connectivity index (χ1) is 13.3. The van der Waals surface area contributed by atoms with Crippen LogP contribution in [0.2, 0.25) is 0 Å². The molecule has 2 heterocycles. The molecular weight excluding hydrogens is 374 g/mol. The number of likely N-dealkylation sites (tertiary alicyclic amines) is 1. The van der Waals surface area contributed by atoms with E-state index in [-0.39, 0.29) is 22.8 Å². The third-order valence-corrected chi connectivity index (χ3v) is 6.91. The second-order valence-corrected chi connectivity index (χ2v) is 9.95. The van der Waals surface area contributed by atoms with Crippen LogP contribution in [-0.4, -0.2) is 44.2 Å². The molecule has 0 bridgehead atoms. The number of hydrogen-bond acceptors (Lipinski definition) is 4. The Kier molecular flexibility index (Phi) is 6.43. The Balaban J connectivity index is 1.53. The van der Waals surface area contributed by atoms with Crippen LogP contribution in [0.1, 0.15) is 58.4 Å². The van der Waals surface area contributed by atoms with Crippen LogP contribution in [0.5, 0.6) is 0 Å². The molecule has 2 aliphatic heterocycles. The Morgan fingerprint density at radius 3 is 2.54 bits per heavy atom. The largest absolute Gasteiger partial charge is 0.355 e. The summed E-state index contributed by atoms with van der Waals surface area (Å²) in [6, 6.07) is 7.14. The Morgan fingerprint density at radius 2 is 1.86 bits per heavy atom. The zero-order valence-corrected chi connectivity index (χ0v) is 17.8. The van der Waals surface area contributed by atoms with Gasteiger partial charge in [-0.15, -0.1) is 4.40 Å². The highest BCUT2D eigenvalue weighted by Gasteiger charge is 2.34. The molecule has 1 unspecified atom stereocenters. The number of carbonyl (C=O) groups excluding carboxylic acids is 1. The highest BCUT2D eigenvalue weighted by molar-refractivity contribution is 7.90. The first-order valence-corrected chi connectivity index (χ1v) is 11.7. The van der Waals surface area contributed by atoms with Gasteiger partial charge in [0.25, 0.3) is 10.0 Å². The molecule has 1 N–H and O–H groups in total. The molecule has 6 nitrogen and oxygen atoms in total. The lowest BCUT2D eigenvalue weighted by atomic mass is 9.94. The van der Waals surface area contributed by atoms with Crippen molar-refractivity contribution in [2.24, 2.45) is 16.2 Å². The van der Waals surface area contributed by atoms with Crippen molar-refractivity contribution in [1.29, 1.82) is 0 Å². The number of nitrogens with one attached hydrogen (secondary N) is 1. The molecule has 154 valence electrons. The van der Waals surface area contributed by atoms with E-state index in [0.29, 0.717) is 43.2 Å². The molecule has 1 fully saturated rings. The number of carbonyl (C=O) groups is 1. The Hall–Kier alpha value is -1.89. The van der Waals surface area contributed by atoms with E-state index in [4.69, 9.17) is 0 Å². The third-order valence-electron chi connectivity index (χ3n) is 5.59. The zero-order chi connectivity index (χ0) is 20.3. The molecule has 1 aromatic carbocycles. The summed E-state index contributed by atoms with van der Waals surface area (Å²) in [4.78, 5) is 14.9. The van der Waals surface area contributed by atoms with Crippen LogP contribution in [0, 0.1) is 11.8 Å². The number of amidine groups is 1. The van der Waals surface area contributed by atoms with Crippen LogP contribution in [0.4, 0.5) is 0 Å². The first-order valence-electron chi connectivity index (χ1n) is 10.3. The van der Waals surface area contributed by atoms with E-state index in [1.807, 2.05) is 11.0 Å². The van der Waals surface area contributed by atoms with Crippen molar-refractivity contribution in [3.8, 4) is 0 Å². The highest BCUT2D eigenvalue weighted by atomic mass is 32.2. The van der Waals surface area contributed by atoms with Gasteiger partial charge in [-0.2, -0.15) is 8.42 Å². The van der Waals surface area contributed by atoms with Gasteiger partial charge in [0.2, 0.25) is 5.91 Å². The minimum absolute atomic E-state index is 0.0161. The molecule has 0 aromatic heterocycles. The van der Waals surface area contributed by atoms with Gasteiger partial charge in [0.05, 0.1) is 0 Å². The van der Waals surface area contributed by atoms with Crippen LogP contribution in [0.25, 0.3) is 0 Å². The molecule has 1 saturated heterocycles. The summed E-state index contributed by atoms with van der Waals surface area (Å²) in [6.07, 6.45) is 4.75. The number of hydrogen-bond donors (Lipinski definition) is 1. The van der Waals surface area contributed by atoms with Gasteiger partial charge in [0, 0.05) is 30.6 Å². The maximum Gasteiger partial charge on any atom is 0.285 e. The van der Waals surface area contributed by atoms with Gasteiger partial charge < -0.3 is 10.2 Å². The van der Waals surface area contributed by atoms with E-state index in [1.54, 1.807) is 18.2 Å². The quantitative estimate of drug-likeness (QED) is 0.788. The fourth-order valence-corrected chi connectivity index (χ4v) is 5.16. The van der Waals surface area contributed by atoms with E-state index >= 15 is 0 Å². The van der Waals surface area contributed by atoms with Gasteiger partial charge in [-0.1, -0.05) is 38.8 Å². The monoisotopic (exact) mass is 405 g/mol. The van der Waals surface area contributed by atoms with Gasteiger partial charge in [-0.25, -0.2) is 0 Å². The summed E-state index contributed by atoms with van der Waals surface area (Å²) in [5.41, 5.74) is 0.671. The van der Waals surface area contributed by atoms with Crippen molar-refractivity contribution in [3.63, 3.8) is 0 Å². The summed E-state index contributed by atoms with van der Waals surface area (Å²) in [6.45, 7) is 7.79. The second kappa shape index (κ2) is 8.64. The number of rotatable bonds is 6. The average molecular weight is 406 g/mol. The standard InChI is InChI=1S/C21H31N3O3S/c1-15(2)7-6-8-16(3)22-21(25)17-11-13-24(14-12-17)20-18-9-4-5-10-19(18)28(26,27)23-20/h4-5,9-10,15-17H,6-8,11-14H2,1-3H3,(H,22,25). The molecular formula is C21H31N3O3S. The maximum atomic E-state index is 12.6. The first kappa shape index (κ1) is 20.8. The number of nitrogens with zero attached hydrogens (tertiary/aromatic N) is 2. The van der Waals surface area contributed by atoms with Gasteiger partial charge >= 0.3 is 0 Å². The van der Waals surface area contributed by atoms with E-state index in [2.05, 4.69) is 30.5 Å². The van der Waals surface area contributed by atoms with Crippen molar-refractivity contribution < 1.29 is 13.2 Å². The molecule has 0 saturated carbocycles. The molecule has 1 aromatic rings. The number of amides is 1. The third kappa shape index (κ3) is 4.74. The number of fused-ring (bicyclic) bond motifs is 1. The molecule has 1 atom stereocenters. The van der Waals surface area contributed by atoms with Gasteiger partial charge in [0.1, 0.15) is 4.90 Å². The van der Waals surface area contributed by atoms with E-state index in [0.717, 1.165) is 12.8 Å². The van der Waals surface area contributed by atoms with Crippen molar-refractivity contribution >= 4 is 21.8 Å². The lowest BCUT2D eigenvalue weighted by molar-refractivity contribution is -0.126. The van der Waals surface area contributed by atoms with Crippen LogP contribution in [0.3, 0.4) is 0 Å². The molecule has 0 aliphatic carbocycles. The van der Waals surface area contributed by atoms with E-state index < -0.39 is 10.0 Å². The lowest BCUT2D eigenvalue weighted by Crippen LogP contribution is -2.44. The van der Waals surface area contributed by atoms with Crippen LogP contribution in [0.15, 0.2) is 33.6 Å². The van der Waals surface area contributed by atoms with Crippen LogP contribution < -0.4 is 5.32 Å². The van der Waals surface area contributed by atoms with Crippen molar-refractivity contribution in [2.75, 3.05) is 13.1 Å².